The largest absolute Gasteiger partial charge is 0.497 e. The van der Waals surface area contributed by atoms with Crippen molar-refractivity contribution in [2.45, 2.75) is 39.5 Å². The lowest BCUT2D eigenvalue weighted by molar-refractivity contribution is -0.155. The number of benzene rings is 2. The summed E-state index contributed by atoms with van der Waals surface area (Å²) in [7, 11) is 7.18. The van der Waals surface area contributed by atoms with Gasteiger partial charge in [-0.2, -0.15) is 5.26 Å². The van der Waals surface area contributed by atoms with Gasteiger partial charge in [-0.15, -0.1) is 0 Å². The summed E-state index contributed by atoms with van der Waals surface area (Å²) in [6, 6.07) is 16.4. The van der Waals surface area contributed by atoms with Gasteiger partial charge in [0.25, 0.3) is 0 Å². The molecule has 4 rings (SSSR count). The van der Waals surface area contributed by atoms with E-state index < -0.39 is 18.2 Å². The third-order valence-electron chi connectivity index (χ3n) is 8.09. The molecule has 2 aromatic carbocycles. The summed E-state index contributed by atoms with van der Waals surface area (Å²) >= 11 is 0. The van der Waals surface area contributed by atoms with Gasteiger partial charge in [0, 0.05) is 60.3 Å². The molecule has 2 N–H and O–H groups in total. The van der Waals surface area contributed by atoms with Gasteiger partial charge in [0.2, 0.25) is 5.91 Å². The zero-order chi connectivity index (χ0) is 33.5. The van der Waals surface area contributed by atoms with Crippen LogP contribution >= 0.6 is 0 Å². The van der Waals surface area contributed by atoms with E-state index in [0.717, 1.165) is 34.1 Å². The number of carbonyl (C=O) groups excluding carboxylic acids is 2. The van der Waals surface area contributed by atoms with Crippen LogP contribution < -0.4 is 15.4 Å². The van der Waals surface area contributed by atoms with Crippen LogP contribution in [0.5, 0.6) is 5.75 Å². The molecule has 2 aromatic heterocycles. The second-order valence-electron chi connectivity index (χ2n) is 11.7. The minimum atomic E-state index is -0.739. The van der Waals surface area contributed by atoms with Gasteiger partial charge in [-0.1, -0.05) is 38.5 Å². The highest BCUT2D eigenvalue weighted by Gasteiger charge is 2.25. The zero-order valence-corrected chi connectivity index (χ0v) is 27.5. The SMILES string of the molecule is CC[C@H](C)[C@H](N)C(=O)OC(C)n1cc(-c2cccc(C#N)c2)c2cc(-c3cc(OC)cc(N(C)C(=O)/C=C/CN(C)C)c3)cnc21. The van der Waals surface area contributed by atoms with E-state index in [2.05, 4.69) is 6.07 Å². The van der Waals surface area contributed by atoms with Gasteiger partial charge in [-0.05, 0) is 68.4 Å². The molecule has 0 fully saturated rings. The molecule has 1 amide bonds. The first-order valence-electron chi connectivity index (χ1n) is 15.2. The molecule has 0 saturated heterocycles. The lowest BCUT2D eigenvalue weighted by atomic mass is 10.0. The fourth-order valence-electron chi connectivity index (χ4n) is 5.01. The first kappa shape index (κ1) is 33.9. The lowest BCUT2D eigenvalue weighted by Crippen LogP contribution is -2.38. The number of nitrogens with zero attached hydrogens (tertiary/aromatic N) is 5. The van der Waals surface area contributed by atoms with E-state index in [-0.39, 0.29) is 11.8 Å². The Hall–Kier alpha value is -4.98. The molecule has 240 valence electrons. The number of carbonyl (C=O) groups is 2. The Morgan fingerprint density at radius 1 is 1.09 bits per heavy atom. The molecule has 4 aromatic rings. The third-order valence-corrected chi connectivity index (χ3v) is 8.09. The minimum Gasteiger partial charge on any atom is -0.497 e. The van der Waals surface area contributed by atoms with Crippen LogP contribution in [0.4, 0.5) is 5.69 Å². The summed E-state index contributed by atoms with van der Waals surface area (Å²) in [5, 5.41) is 10.4. The van der Waals surface area contributed by atoms with E-state index in [9.17, 15) is 14.9 Å². The Morgan fingerprint density at radius 2 is 1.85 bits per heavy atom. The fraction of sp³-hybridized carbons (Fsp3) is 0.333. The van der Waals surface area contributed by atoms with E-state index >= 15 is 0 Å². The number of methoxy groups -OCH3 is 1. The second kappa shape index (κ2) is 14.9. The normalized spacial score (nSPS) is 13.4. The van der Waals surface area contributed by atoms with Gasteiger partial charge in [0.1, 0.15) is 17.4 Å². The predicted octanol–water partition coefficient (Wildman–Crippen LogP) is 5.77. The maximum atomic E-state index is 12.9. The highest BCUT2D eigenvalue weighted by atomic mass is 16.6. The summed E-state index contributed by atoms with van der Waals surface area (Å²) in [4.78, 5) is 34.2. The Balaban J connectivity index is 1.81. The van der Waals surface area contributed by atoms with E-state index in [4.69, 9.17) is 20.2 Å². The number of nitrogens with two attached hydrogens (primary N) is 1. The standard InChI is InChI=1S/C36H42N6O4/c1-8-23(2)34(38)36(44)46-24(3)42-22-32(26-12-9-11-25(15-26)20-37)31-18-28(21-39-35(31)42)27-16-29(19-30(17-27)45-7)41(6)33(43)13-10-14-40(4)5/h9-13,15-19,21-24,34H,8,14,38H2,1-7H3/b13-10+/t23-,24?,34-/m0/s1. The summed E-state index contributed by atoms with van der Waals surface area (Å²) in [5.74, 6) is -0.0834. The Morgan fingerprint density at radius 3 is 2.52 bits per heavy atom. The van der Waals surface area contributed by atoms with Gasteiger partial charge >= 0.3 is 5.97 Å². The molecule has 0 aliphatic carbocycles. The molecule has 3 atom stereocenters. The van der Waals surface area contributed by atoms with Crippen LogP contribution in [-0.4, -0.2) is 67.2 Å². The number of anilines is 1. The van der Waals surface area contributed by atoms with Crippen molar-refractivity contribution in [1.82, 2.24) is 14.5 Å². The molecule has 10 heteroatoms. The predicted molar refractivity (Wildman–Crippen MR) is 181 cm³/mol. The number of nitriles is 1. The van der Waals surface area contributed by atoms with E-state index in [1.54, 1.807) is 48.9 Å². The van der Waals surface area contributed by atoms with Gasteiger partial charge in [0.05, 0.1) is 18.7 Å². The topological polar surface area (TPSA) is 127 Å². The van der Waals surface area contributed by atoms with Crippen molar-refractivity contribution >= 4 is 28.6 Å². The summed E-state index contributed by atoms with van der Waals surface area (Å²) < 4.78 is 13.2. The molecule has 1 unspecified atom stereocenters. The van der Waals surface area contributed by atoms with Crippen LogP contribution in [0.1, 0.15) is 39.0 Å². The molecule has 0 radical (unpaired) electrons. The van der Waals surface area contributed by atoms with Crippen LogP contribution in [0.3, 0.4) is 0 Å². The van der Waals surface area contributed by atoms with E-state index in [0.29, 0.717) is 29.2 Å². The number of hydrogen-bond donors (Lipinski definition) is 1. The molecule has 0 aliphatic heterocycles. The van der Waals surface area contributed by atoms with Gasteiger partial charge in [-0.3, -0.25) is 14.2 Å². The van der Waals surface area contributed by atoms with Crippen LogP contribution in [0.15, 0.2) is 73.1 Å². The molecule has 10 nitrogen and oxygen atoms in total. The summed E-state index contributed by atoms with van der Waals surface area (Å²) in [6.45, 7) is 6.33. The number of pyridine rings is 1. The second-order valence-corrected chi connectivity index (χ2v) is 11.7. The first-order valence-corrected chi connectivity index (χ1v) is 15.2. The average Bonchev–Trinajstić information content (AvgIpc) is 3.45. The van der Waals surface area contributed by atoms with Crippen molar-refractivity contribution in [3.63, 3.8) is 0 Å². The van der Waals surface area contributed by atoms with Crippen LogP contribution in [0.25, 0.3) is 33.3 Å². The molecular formula is C36H42N6O4. The van der Waals surface area contributed by atoms with Crippen molar-refractivity contribution in [1.29, 1.82) is 5.26 Å². The van der Waals surface area contributed by atoms with Gasteiger partial charge in [-0.25, -0.2) is 4.98 Å². The number of amides is 1. The molecule has 0 spiro atoms. The number of esters is 1. The molecule has 46 heavy (non-hydrogen) atoms. The highest BCUT2D eigenvalue weighted by Crippen LogP contribution is 2.37. The number of fused-ring (bicyclic) bond motifs is 1. The van der Waals surface area contributed by atoms with Crippen molar-refractivity contribution in [3.05, 3.63) is 78.6 Å². The number of hydrogen-bond acceptors (Lipinski definition) is 8. The van der Waals surface area contributed by atoms with Crippen molar-refractivity contribution in [2.75, 3.05) is 39.7 Å². The summed E-state index contributed by atoms with van der Waals surface area (Å²) in [5.41, 5.74) is 11.2. The number of likely N-dealkylation sites (N-methyl/N-ethyl adjacent to an activating group) is 2. The van der Waals surface area contributed by atoms with Crippen molar-refractivity contribution in [2.24, 2.45) is 11.7 Å². The van der Waals surface area contributed by atoms with Crippen molar-refractivity contribution in [3.8, 4) is 34.1 Å². The monoisotopic (exact) mass is 622 g/mol. The molecule has 0 bridgehead atoms. The zero-order valence-electron chi connectivity index (χ0n) is 27.5. The van der Waals surface area contributed by atoms with Crippen LogP contribution in [-0.2, 0) is 14.3 Å². The number of aromatic nitrogens is 2. The Kier molecular flexibility index (Phi) is 11.0. The Labute approximate surface area is 270 Å². The van der Waals surface area contributed by atoms with Crippen molar-refractivity contribution < 1.29 is 19.1 Å². The molecule has 0 saturated carbocycles. The highest BCUT2D eigenvalue weighted by molar-refractivity contribution is 6.02. The smallest absolute Gasteiger partial charge is 0.325 e. The van der Waals surface area contributed by atoms with E-state index in [1.165, 1.54) is 0 Å². The number of ether oxygens (including phenoxy) is 2. The first-order chi connectivity index (χ1) is 22.0. The Bertz CT molecular complexity index is 1790. The minimum absolute atomic E-state index is 0.0257. The maximum Gasteiger partial charge on any atom is 0.325 e. The van der Waals surface area contributed by atoms with Crippen LogP contribution in [0.2, 0.25) is 0 Å². The average molecular weight is 623 g/mol. The lowest BCUT2D eigenvalue weighted by Gasteiger charge is -2.21. The maximum absolute atomic E-state index is 12.9. The quantitative estimate of drug-likeness (QED) is 0.156. The molecular weight excluding hydrogens is 580 g/mol. The van der Waals surface area contributed by atoms with Gasteiger partial charge in [0.15, 0.2) is 6.23 Å². The molecule has 0 aliphatic rings. The summed E-state index contributed by atoms with van der Waals surface area (Å²) in [6.07, 6.45) is 7.06. The molecule has 2 heterocycles. The van der Waals surface area contributed by atoms with Crippen LogP contribution in [0, 0.1) is 17.2 Å². The fourth-order valence-corrected chi connectivity index (χ4v) is 5.01. The van der Waals surface area contributed by atoms with Gasteiger partial charge < -0.3 is 25.0 Å². The van der Waals surface area contributed by atoms with E-state index in [1.807, 2.05) is 87.6 Å². The third kappa shape index (κ3) is 7.62. The number of rotatable bonds is 12.